The van der Waals surface area contributed by atoms with Crippen molar-refractivity contribution in [1.82, 2.24) is 15.5 Å². The van der Waals surface area contributed by atoms with E-state index in [9.17, 15) is 4.79 Å². The summed E-state index contributed by atoms with van der Waals surface area (Å²) in [6, 6.07) is 11.0. The molecule has 2 heterocycles. The molecular formula is C17H17N3O4. The largest absolute Gasteiger partial charge is 0.496 e. The third kappa shape index (κ3) is 3.81. The van der Waals surface area contributed by atoms with Crippen LogP contribution in [-0.4, -0.2) is 23.2 Å². The number of carbonyl (C=O) groups excluding carboxylic acids is 1. The second-order valence-corrected chi connectivity index (χ2v) is 5.06. The summed E-state index contributed by atoms with van der Waals surface area (Å²) in [5, 5.41) is 10.8. The number of nitrogens with one attached hydrogen (secondary N) is 1. The summed E-state index contributed by atoms with van der Waals surface area (Å²) in [4.78, 5) is 11.8. The molecule has 0 aliphatic carbocycles. The van der Waals surface area contributed by atoms with E-state index in [4.69, 9.17) is 13.6 Å². The summed E-state index contributed by atoms with van der Waals surface area (Å²) in [7, 11) is 1.58. The van der Waals surface area contributed by atoms with Crippen molar-refractivity contribution < 1.29 is 18.4 Å². The molecule has 0 atom stereocenters. The average molecular weight is 327 g/mol. The average Bonchev–Trinajstić information content (AvgIpc) is 3.29. The van der Waals surface area contributed by atoms with Crippen LogP contribution in [0.25, 0.3) is 11.5 Å². The highest BCUT2D eigenvalue weighted by Crippen LogP contribution is 2.28. The quantitative estimate of drug-likeness (QED) is 0.717. The zero-order valence-electron chi connectivity index (χ0n) is 13.2. The molecule has 1 amide bonds. The molecule has 1 aromatic carbocycles. The van der Waals surface area contributed by atoms with Crippen LogP contribution >= 0.6 is 0 Å². The minimum absolute atomic E-state index is 0.108. The van der Waals surface area contributed by atoms with Crippen molar-refractivity contribution in [2.45, 2.75) is 19.4 Å². The monoisotopic (exact) mass is 327 g/mol. The standard InChI is InChI=1S/C17H17N3O4/c1-22-14-7-3-2-6-13(14)17-20-19-16(24-17)9-8-15(21)18-11-12-5-4-10-23-12/h2-7,10H,8-9,11H2,1H3,(H,18,21). The van der Waals surface area contributed by atoms with Gasteiger partial charge in [0.25, 0.3) is 5.89 Å². The molecular weight excluding hydrogens is 310 g/mol. The van der Waals surface area contributed by atoms with Crippen LogP contribution in [-0.2, 0) is 17.8 Å². The van der Waals surface area contributed by atoms with E-state index in [1.165, 1.54) is 0 Å². The highest BCUT2D eigenvalue weighted by molar-refractivity contribution is 5.75. The second-order valence-electron chi connectivity index (χ2n) is 5.06. The fourth-order valence-corrected chi connectivity index (χ4v) is 2.19. The van der Waals surface area contributed by atoms with E-state index in [1.807, 2.05) is 24.3 Å². The van der Waals surface area contributed by atoms with Crippen LogP contribution in [0.5, 0.6) is 5.75 Å². The summed E-state index contributed by atoms with van der Waals surface area (Å²) >= 11 is 0. The molecule has 0 saturated carbocycles. The third-order valence-corrected chi connectivity index (χ3v) is 3.41. The summed E-state index contributed by atoms with van der Waals surface area (Å²) in [6.45, 7) is 0.363. The number of amides is 1. The Hall–Kier alpha value is -3.09. The Morgan fingerprint density at radius 1 is 1.21 bits per heavy atom. The van der Waals surface area contributed by atoms with Gasteiger partial charge in [-0.15, -0.1) is 10.2 Å². The molecule has 0 aliphatic rings. The number of para-hydroxylation sites is 1. The smallest absolute Gasteiger partial charge is 0.251 e. The zero-order valence-corrected chi connectivity index (χ0v) is 13.2. The summed E-state index contributed by atoms with van der Waals surface area (Å²) in [5.41, 5.74) is 0.723. The Bertz CT molecular complexity index is 796. The number of hydrogen-bond donors (Lipinski definition) is 1. The van der Waals surface area contributed by atoms with E-state index in [-0.39, 0.29) is 12.3 Å². The molecule has 0 fully saturated rings. The lowest BCUT2D eigenvalue weighted by molar-refractivity contribution is -0.121. The Labute approximate surface area is 138 Å². The Morgan fingerprint density at radius 3 is 2.88 bits per heavy atom. The molecule has 0 radical (unpaired) electrons. The van der Waals surface area contributed by atoms with Gasteiger partial charge in [-0.2, -0.15) is 0 Å². The van der Waals surface area contributed by atoms with Gasteiger partial charge in [0.05, 0.1) is 25.5 Å². The number of aryl methyl sites for hydroxylation is 1. The van der Waals surface area contributed by atoms with Gasteiger partial charge in [0.1, 0.15) is 11.5 Å². The van der Waals surface area contributed by atoms with Gasteiger partial charge in [-0.25, -0.2) is 0 Å². The topological polar surface area (TPSA) is 90.4 Å². The zero-order chi connectivity index (χ0) is 16.8. The first kappa shape index (κ1) is 15.8. The van der Waals surface area contributed by atoms with Crippen molar-refractivity contribution in [3.05, 3.63) is 54.3 Å². The number of carbonyl (C=O) groups is 1. The maximum atomic E-state index is 11.8. The molecule has 2 aromatic heterocycles. The number of methoxy groups -OCH3 is 1. The normalized spacial score (nSPS) is 10.5. The lowest BCUT2D eigenvalue weighted by Gasteiger charge is -2.03. The SMILES string of the molecule is COc1ccccc1-c1nnc(CCC(=O)NCc2ccco2)o1. The van der Waals surface area contributed by atoms with Gasteiger partial charge in [-0.3, -0.25) is 4.79 Å². The molecule has 0 unspecified atom stereocenters. The third-order valence-electron chi connectivity index (χ3n) is 3.41. The van der Waals surface area contributed by atoms with Crippen LogP contribution in [0, 0.1) is 0 Å². The van der Waals surface area contributed by atoms with Crippen molar-refractivity contribution in [2.24, 2.45) is 0 Å². The van der Waals surface area contributed by atoms with Crippen LogP contribution in [0.15, 0.2) is 51.5 Å². The van der Waals surface area contributed by atoms with Gasteiger partial charge < -0.3 is 18.9 Å². The first-order valence-electron chi connectivity index (χ1n) is 7.51. The van der Waals surface area contributed by atoms with E-state index in [0.29, 0.717) is 36.3 Å². The van der Waals surface area contributed by atoms with Gasteiger partial charge in [0.2, 0.25) is 11.8 Å². The van der Waals surface area contributed by atoms with Crippen LogP contribution in [0.4, 0.5) is 0 Å². The predicted octanol–water partition coefficient (Wildman–Crippen LogP) is 2.59. The molecule has 3 rings (SSSR count). The summed E-state index contributed by atoms with van der Waals surface area (Å²) < 4.78 is 16.0. The van der Waals surface area contributed by atoms with Crippen molar-refractivity contribution in [1.29, 1.82) is 0 Å². The van der Waals surface area contributed by atoms with Gasteiger partial charge >= 0.3 is 0 Å². The fourth-order valence-electron chi connectivity index (χ4n) is 2.19. The van der Waals surface area contributed by atoms with Crippen molar-refractivity contribution in [3.63, 3.8) is 0 Å². The fraction of sp³-hybridized carbons (Fsp3) is 0.235. The van der Waals surface area contributed by atoms with Crippen LogP contribution in [0.3, 0.4) is 0 Å². The minimum atomic E-state index is -0.108. The van der Waals surface area contributed by atoms with E-state index in [1.54, 1.807) is 25.5 Å². The highest BCUT2D eigenvalue weighted by Gasteiger charge is 2.14. The molecule has 0 bridgehead atoms. The molecule has 24 heavy (non-hydrogen) atoms. The molecule has 7 heteroatoms. The Balaban J connectivity index is 1.55. The first-order valence-corrected chi connectivity index (χ1v) is 7.51. The molecule has 0 spiro atoms. The van der Waals surface area contributed by atoms with E-state index >= 15 is 0 Å². The summed E-state index contributed by atoms with van der Waals surface area (Å²) in [6.07, 6.45) is 2.19. The van der Waals surface area contributed by atoms with Crippen molar-refractivity contribution in [2.75, 3.05) is 7.11 Å². The van der Waals surface area contributed by atoms with E-state index in [2.05, 4.69) is 15.5 Å². The van der Waals surface area contributed by atoms with Crippen LogP contribution < -0.4 is 10.1 Å². The van der Waals surface area contributed by atoms with Crippen LogP contribution in [0.2, 0.25) is 0 Å². The Morgan fingerprint density at radius 2 is 2.08 bits per heavy atom. The van der Waals surface area contributed by atoms with Gasteiger partial charge in [-0.1, -0.05) is 12.1 Å². The predicted molar refractivity (Wildman–Crippen MR) is 85.2 cm³/mol. The minimum Gasteiger partial charge on any atom is -0.496 e. The van der Waals surface area contributed by atoms with E-state index in [0.717, 1.165) is 5.56 Å². The lowest BCUT2D eigenvalue weighted by Crippen LogP contribution is -2.22. The molecule has 1 N–H and O–H groups in total. The van der Waals surface area contributed by atoms with Gasteiger partial charge in [0.15, 0.2) is 0 Å². The number of furan rings is 1. The Kier molecular flexibility index (Phi) is 4.90. The molecule has 7 nitrogen and oxygen atoms in total. The maximum absolute atomic E-state index is 11.8. The molecule has 3 aromatic rings. The van der Waals surface area contributed by atoms with Gasteiger partial charge in [0, 0.05) is 12.8 Å². The number of rotatable bonds is 7. The number of ether oxygens (including phenoxy) is 1. The number of benzene rings is 1. The first-order chi connectivity index (χ1) is 11.8. The van der Waals surface area contributed by atoms with Crippen molar-refractivity contribution in [3.8, 4) is 17.2 Å². The number of aromatic nitrogens is 2. The maximum Gasteiger partial charge on any atom is 0.251 e. The summed E-state index contributed by atoms with van der Waals surface area (Å²) in [5.74, 6) is 2.04. The number of hydrogen-bond acceptors (Lipinski definition) is 6. The van der Waals surface area contributed by atoms with Gasteiger partial charge in [-0.05, 0) is 24.3 Å². The van der Waals surface area contributed by atoms with Crippen molar-refractivity contribution >= 4 is 5.91 Å². The number of nitrogens with zero attached hydrogens (tertiary/aromatic N) is 2. The lowest BCUT2D eigenvalue weighted by atomic mass is 10.2. The highest BCUT2D eigenvalue weighted by atomic mass is 16.5. The molecule has 0 aliphatic heterocycles. The van der Waals surface area contributed by atoms with E-state index < -0.39 is 0 Å². The molecule has 0 saturated heterocycles. The molecule has 124 valence electrons. The van der Waals surface area contributed by atoms with Crippen LogP contribution in [0.1, 0.15) is 18.1 Å². The second kappa shape index (κ2) is 7.45.